The van der Waals surface area contributed by atoms with Gasteiger partial charge in [0, 0.05) is 30.2 Å². The minimum absolute atomic E-state index is 0.462. The number of benzene rings is 1. The summed E-state index contributed by atoms with van der Waals surface area (Å²) in [5, 5.41) is 0.798. The molecule has 1 aromatic rings. The summed E-state index contributed by atoms with van der Waals surface area (Å²) in [5.74, 6) is 0. The minimum atomic E-state index is 0.462. The smallest absolute Gasteiger partial charge is 0.0780 e. The van der Waals surface area contributed by atoms with E-state index in [-0.39, 0.29) is 0 Å². The Morgan fingerprint density at radius 1 is 1.14 bits per heavy atom. The molecule has 0 spiro atoms. The molecule has 2 unspecified atom stereocenters. The first kappa shape index (κ1) is 8.57. The molecule has 1 aromatic carbocycles. The molecule has 14 heavy (non-hydrogen) atoms. The van der Waals surface area contributed by atoms with E-state index in [2.05, 4.69) is 17.0 Å². The number of anilines is 1. The number of hydrogen-bond acceptors (Lipinski definition) is 2. The van der Waals surface area contributed by atoms with Crippen molar-refractivity contribution in [3.05, 3.63) is 29.3 Å². The number of ether oxygens (including phenoxy) is 1. The fraction of sp³-hybridized carbons (Fsp3) is 0.455. The normalized spacial score (nSPS) is 29.9. The Morgan fingerprint density at radius 2 is 1.71 bits per heavy atom. The Kier molecular flexibility index (Phi) is 1.92. The van der Waals surface area contributed by atoms with E-state index < -0.39 is 0 Å². The predicted octanol–water partition coefficient (Wildman–Crippen LogP) is 2.32. The molecule has 2 nitrogen and oxygen atoms in total. The lowest BCUT2D eigenvalue weighted by Crippen LogP contribution is -2.57. The van der Waals surface area contributed by atoms with Gasteiger partial charge in [0.25, 0.3) is 0 Å². The zero-order chi connectivity index (χ0) is 9.54. The maximum Gasteiger partial charge on any atom is 0.0780 e. The lowest BCUT2D eigenvalue weighted by Gasteiger charge is -2.48. The van der Waals surface area contributed by atoms with E-state index in [0.29, 0.717) is 12.2 Å². The summed E-state index contributed by atoms with van der Waals surface area (Å²) in [6.45, 7) is 2.05. The average molecular weight is 210 g/mol. The first-order valence-corrected chi connectivity index (χ1v) is 5.35. The predicted molar refractivity (Wildman–Crippen MR) is 56.9 cm³/mol. The Morgan fingerprint density at radius 3 is 2.29 bits per heavy atom. The van der Waals surface area contributed by atoms with Gasteiger partial charge in [-0.05, 0) is 24.3 Å². The van der Waals surface area contributed by atoms with Crippen molar-refractivity contribution in [2.45, 2.75) is 18.6 Å². The summed E-state index contributed by atoms with van der Waals surface area (Å²) in [4.78, 5) is 2.37. The van der Waals surface area contributed by atoms with Gasteiger partial charge in [0.1, 0.15) is 0 Å². The second kappa shape index (κ2) is 3.14. The first-order valence-electron chi connectivity index (χ1n) is 4.97. The number of halogens is 1. The molecular formula is C11H12ClNO. The van der Waals surface area contributed by atoms with E-state index in [0.717, 1.165) is 18.1 Å². The van der Waals surface area contributed by atoms with Crippen LogP contribution in [0.3, 0.4) is 0 Å². The third-order valence-corrected chi connectivity index (χ3v) is 3.20. The zero-order valence-electron chi connectivity index (χ0n) is 7.82. The van der Waals surface area contributed by atoms with Crippen LogP contribution in [0.5, 0.6) is 0 Å². The highest BCUT2D eigenvalue weighted by Crippen LogP contribution is 2.31. The van der Waals surface area contributed by atoms with Crippen LogP contribution in [0, 0.1) is 0 Å². The van der Waals surface area contributed by atoms with Crippen molar-refractivity contribution >= 4 is 17.3 Å². The largest absolute Gasteiger partial charge is 0.371 e. The van der Waals surface area contributed by atoms with Gasteiger partial charge in [-0.15, -0.1) is 0 Å². The first-order chi connectivity index (χ1) is 6.81. The highest BCUT2D eigenvalue weighted by Gasteiger charge is 2.38. The minimum Gasteiger partial charge on any atom is -0.371 e. The van der Waals surface area contributed by atoms with Crippen LogP contribution >= 0.6 is 11.6 Å². The molecule has 0 saturated carbocycles. The van der Waals surface area contributed by atoms with Crippen LogP contribution in [0.15, 0.2) is 24.3 Å². The van der Waals surface area contributed by atoms with Gasteiger partial charge in [0.15, 0.2) is 0 Å². The lowest BCUT2D eigenvalue weighted by molar-refractivity contribution is -0.133. The van der Waals surface area contributed by atoms with Crippen molar-refractivity contribution < 1.29 is 4.74 Å². The van der Waals surface area contributed by atoms with Crippen molar-refractivity contribution in [1.82, 2.24) is 0 Å². The summed E-state index contributed by atoms with van der Waals surface area (Å²) in [6, 6.07) is 8.04. The molecule has 3 saturated heterocycles. The second-order valence-electron chi connectivity index (χ2n) is 4.00. The fourth-order valence-corrected chi connectivity index (χ4v) is 2.34. The standard InChI is InChI=1S/C11H12ClNO/c12-8-1-3-9(4-2-8)13-6-10-5-11(7-13)14-10/h1-4,10-11H,5-7H2. The van der Waals surface area contributed by atoms with Crippen LogP contribution < -0.4 is 4.90 Å². The number of nitrogens with zero attached hydrogens (tertiary/aromatic N) is 1. The molecule has 0 radical (unpaired) electrons. The van der Waals surface area contributed by atoms with E-state index in [1.54, 1.807) is 0 Å². The van der Waals surface area contributed by atoms with Gasteiger partial charge in [-0.2, -0.15) is 0 Å². The van der Waals surface area contributed by atoms with Gasteiger partial charge >= 0.3 is 0 Å². The summed E-state index contributed by atoms with van der Waals surface area (Å²) in [6.07, 6.45) is 2.17. The molecule has 2 bridgehead atoms. The summed E-state index contributed by atoms with van der Waals surface area (Å²) >= 11 is 5.84. The van der Waals surface area contributed by atoms with Gasteiger partial charge in [0.2, 0.25) is 0 Å². The number of piperidine rings is 1. The van der Waals surface area contributed by atoms with Crippen LogP contribution in [0.2, 0.25) is 5.02 Å². The third kappa shape index (κ3) is 1.39. The molecule has 0 aromatic heterocycles. The SMILES string of the molecule is Clc1ccc(N2CC3CC(C2)O3)cc1. The summed E-state index contributed by atoms with van der Waals surface area (Å²) in [5.41, 5.74) is 1.26. The van der Waals surface area contributed by atoms with Crippen molar-refractivity contribution in [3.8, 4) is 0 Å². The summed E-state index contributed by atoms with van der Waals surface area (Å²) in [7, 11) is 0. The summed E-state index contributed by atoms with van der Waals surface area (Å²) < 4.78 is 5.58. The average Bonchev–Trinajstić information content (AvgIpc) is 2.18. The number of hydrogen-bond donors (Lipinski definition) is 0. The molecule has 4 rings (SSSR count). The maximum atomic E-state index is 5.84. The van der Waals surface area contributed by atoms with E-state index in [4.69, 9.17) is 16.3 Å². The van der Waals surface area contributed by atoms with Crippen LogP contribution in [-0.4, -0.2) is 25.3 Å². The molecule has 3 heterocycles. The van der Waals surface area contributed by atoms with E-state index in [1.807, 2.05) is 12.1 Å². The Balaban J connectivity index is 1.79. The van der Waals surface area contributed by atoms with Crippen LogP contribution in [0.1, 0.15) is 6.42 Å². The highest BCUT2D eigenvalue weighted by atomic mass is 35.5. The van der Waals surface area contributed by atoms with Gasteiger partial charge in [0.05, 0.1) is 12.2 Å². The molecule has 0 aliphatic carbocycles. The molecular weight excluding hydrogens is 198 g/mol. The third-order valence-electron chi connectivity index (χ3n) is 2.95. The van der Waals surface area contributed by atoms with Crippen molar-refractivity contribution in [1.29, 1.82) is 0 Å². The van der Waals surface area contributed by atoms with Gasteiger partial charge < -0.3 is 9.64 Å². The van der Waals surface area contributed by atoms with Gasteiger partial charge in [-0.25, -0.2) is 0 Å². The number of morpholine rings is 1. The molecule has 3 aliphatic rings. The fourth-order valence-electron chi connectivity index (χ4n) is 2.22. The molecule has 3 heteroatoms. The topological polar surface area (TPSA) is 12.5 Å². The zero-order valence-corrected chi connectivity index (χ0v) is 8.57. The monoisotopic (exact) mass is 209 g/mol. The second-order valence-corrected chi connectivity index (χ2v) is 4.43. The molecule has 3 aliphatic heterocycles. The van der Waals surface area contributed by atoms with Crippen LogP contribution in [0.25, 0.3) is 0 Å². The Hall–Kier alpha value is -0.730. The lowest BCUT2D eigenvalue weighted by atomic mass is 9.98. The van der Waals surface area contributed by atoms with Gasteiger partial charge in [-0.1, -0.05) is 11.6 Å². The number of fused-ring (bicyclic) bond motifs is 2. The van der Waals surface area contributed by atoms with E-state index in [9.17, 15) is 0 Å². The molecule has 3 fully saturated rings. The van der Waals surface area contributed by atoms with E-state index >= 15 is 0 Å². The van der Waals surface area contributed by atoms with Crippen molar-refractivity contribution in [3.63, 3.8) is 0 Å². The van der Waals surface area contributed by atoms with Crippen LogP contribution in [0.4, 0.5) is 5.69 Å². The van der Waals surface area contributed by atoms with Crippen molar-refractivity contribution in [2.24, 2.45) is 0 Å². The van der Waals surface area contributed by atoms with E-state index in [1.165, 1.54) is 12.1 Å². The van der Waals surface area contributed by atoms with Crippen molar-refractivity contribution in [2.75, 3.05) is 18.0 Å². The molecule has 2 atom stereocenters. The quantitative estimate of drug-likeness (QED) is 0.704. The molecule has 74 valence electrons. The highest BCUT2D eigenvalue weighted by molar-refractivity contribution is 6.30. The maximum absolute atomic E-state index is 5.84. The molecule has 0 N–H and O–H groups in total. The Labute approximate surface area is 88.4 Å². The number of rotatable bonds is 1. The Bertz CT molecular complexity index is 322. The van der Waals surface area contributed by atoms with Gasteiger partial charge in [-0.3, -0.25) is 0 Å². The van der Waals surface area contributed by atoms with Crippen LogP contribution in [-0.2, 0) is 4.74 Å². The molecule has 0 amide bonds.